The van der Waals surface area contributed by atoms with Gasteiger partial charge in [-0.1, -0.05) is 25.8 Å². The lowest BCUT2D eigenvalue weighted by Gasteiger charge is -2.33. The highest BCUT2D eigenvalue weighted by molar-refractivity contribution is 7.19. The fraction of sp³-hybridized carbons (Fsp3) is 0.480. The molecule has 1 aliphatic rings. The Kier molecular flexibility index (Phi) is 7.18. The molecule has 4 rings (SSSR count). The molecular formula is C25H33N3O3S. The molecule has 3 heterocycles. The molecule has 32 heavy (non-hydrogen) atoms. The number of aromatic nitrogens is 1. The third-order valence-electron chi connectivity index (χ3n) is 6.22. The molecule has 1 saturated heterocycles. The summed E-state index contributed by atoms with van der Waals surface area (Å²) in [7, 11) is 5.09. The number of unbranched alkanes of at least 4 members (excludes halogenated alkanes) is 1. The maximum atomic E-state index is 12.9. The maximum Gasteiger partial charge on any atom is 0.259 e. The second-order valence-electron chi connectivity index (χ2n) is 8.51. The monoisotopic (exact) mass is 455 g/mol. The van der Waals surface area contributed by atoms with Crippen molar-refractivity contribution in [1.29, 1.82) is 0 Å². The number of nitrogens with zero attached hydrogens (tertiary/aromatic N) is 2. The number of hydrogen-bond acceptors (Lipinski definition) is 6. The van der Waals surface area contributed by atoms with Crippen LogP contribution in [0.15, 0.2) is 35.3 Å². The Hall–Kier alpha value is -2.35. The van der Waals surface area contributed by atoms with E-state index in [9.17, 15) is 4.79 Å². The first-order valence-electron chi connectivity index (χ1n) is 11.3. The highest BCUT2D eigenvalue weighted by Crippen LogP contribution is 2.37. The van der Waals surface area contributed by atoms with Crippen molar-refractivity contribution < 1.29 is 9.47 Å². The first kappa shape index (κ1) is 22.8. The molecule has 0 amide bonds. The SMILES string of the molecule is CCCCC1CN(Cc2cc3c(=O)n(C)cc(-c4ccc(OC)c(OC)c4)c3s2)CCN1. The van der Waals surface area contributed by atoms with Crippen LogP contribution in [-0.2, 0) is 13.6 Å². The molecular weight excluding hydrogens is 422 g/mol. The van der Waals surface area contributed by atoms with E-state index in [0.29, 0.717) is 17.5 Å². The maximum absolute atomic E-state index is 12.9. The van der Waals surface area contributed by atoms with Gasteiger partial charge in [-0.2, -0.15) is 0 Å². The third-order valence-corrected chi connectivity index (χ3v) is 7.37. The summed E-state index contributed by atoms with van der Waals surface area (Å²) < 4.78 is 13.6. The number of fused-ring (bicyclic) bond motifs is 1. The average Bonchev–Trinajstić information content (AvgIpc) is 3.23. The van der Waals surface area contributed by atoms with Crippen LogP contribution < -0.4 is 20.3 Å². The molecule has 7 heteroatoms. The molecule has 1 fully saturated rings. The lowest BCUT2D eigenvalue weighted by molar-refractivity contribution is 0.187. The molecule has 1 N–H and O–H groups in total. The number of pyridine rings is 1. The first-order valence-corrected chi connectivity index (χ1v) is 12.2. The summed E-state index contributed by atoms with van der Waals surface area (Å²) >= 11 is 1.73. The van der Waals surface area contributed by atoms with Crippen LogP contribution in [0.1, 0.15) is 31.1 Å². The zero-order valence-electron chi connectivity index (χ0n) is 19.4. The van der Waals surface area contributed by atoms with Gasteiger partial charge in [0.15, 0.2) is 11.5 Å². The van der Waals surface area contributed by atoms with E-state index in [1.165, 1.54) is 24.1 Å². The number of ether oxygens (including phenoxy) is 2. The Morgan fingerprint density at radius 3 is 2.75 bits per heavy atom. The molecule has 6 nitrogen and oxygen atoms in total. The quantitative estimate of drug-likeness (QED) is 0.550. The van der Waals surface area contributed by atoms with Crippen molar-refractivity contribution in [3.63, 3.8) is 0 Å². The molecule has 0 aliphatic carbocycles. The minimum absolute atomic E-state index is 0.0489. The van der Waals surface area contributed by atoms with Gasteiger partial charge in [0.25, 0.3) is 5.56 Å². The van der Waals surface area contributed by atoms with Gasteiger partial charge in [-0.15, -0.1) is 11.3 Å². The molecule has 2 aromatic heterocycles. The van der Waals surface area contributed by atoms with Gasteiger partial charge in [0.05, 0.1) is 19.6 Å². The predicted molar refractivity (Wildman–Crippen MR) is 132 cm³/mol. The minimum atomic E-state index is 0.0489. The Labute approximate surface area is 193 Å². The van der Waals surface area contributed by atoms with Gasteiger partial charge in [0, 0.05) is 60.6 Å². The molecule has 0 radical (unpaired) electrons. The van der Waals surface area contributed by atoms with E-state index in [1.807, 2.05) is 31.4 Å². The Balaban J connectivity index is 1.67. The second-order valence-corrected chi connectivity index (χ2v) is 9.65. The predicted octanol–water partition coefficient (Wildman–Crippen LogP) is 4.25. The van der Waals surface area contributed by atoms with E-state index in [-0.39, 0.29) is 5.56 Å². The van der Waals surface area contributed by atoms with Crippen molar-refractivity contribution in [2.75, 3.05) is 33.9 Å². The topological polar surface area (TPSA) is 55.7 Å². The van der Waals surface area contributed by atoms with Crippen LogP contribution in [0.2, 0.25) is 0 Å². The van der Waals surface area contributed by atoms with Gasteiger partial charge < -0.3 is 19.4 Å². The minimum Gasteiger partial charge on any atom is -0.493 e. The summed E-state index contributed by atoms with van der Waals surface area (Å²) in [6.07, 6.45) is 5.65. The number of rotatable bonds is 8. The van der Waals surface area contributed by atoms with Crippen LogP contribution in [0.25, 0.3) is 21.2 Å². The fourth-order valence-corrected chi connectivity index (χ4v) is 5.71. The highest BCUT2D eigenvalue weighted by Gasteiger charge is 2.21. The zero-order chi connectivity index (χ0) is 22.7. The van der Waals surface area contributed by atoms with E-state index >= 15 is 0 Å². The number of piperazine rings is 1. The smallest absolute Gasteiger partial charge is 0.259 e. The molecule has 172 valence electrons. The number of thiophene rings is 1. The van der Waals surface area contributed by atoms with E-state index in [2.05, 4.69) is 23.2 Å². The van der Waals surface area contributed by atoms with E-state index in [4.69, 9.17) is 9.47 Å². The molecule has 1 aromatic carbocycles. The largest absolute Gasteiger partial charge is 0.493 e. The van der Waals surface area contributed by atoms with Crippen molar-refractivity contribution in [3.8, 4) is 22.6 Å². The molecule has 1 aliphatic heterocycles. The molecule has 0 saturated carbocycles. The van der Waals surface area contributed by atoms with E-state index in [1.54, 1.807) is 30.1 Å². The van der Waals surface area contributed by atoms with Crippen molar-refractivity contribution >= 4 is 21.4 Å². The average molecular weight is 456 g/mol. The van der Waals surface area contributed by atoms with E-state index in [0.717, 1.165) is 47.4 Å². The van der Waals surface area contributed by atoms with Crippen LogP contribution in [0.4, 0.5) is 0 Å². The van der Waals surface area contributed by atoms with Crippen LogP contribution in [0.3, 0.4) is 0 Å². The van der Waals surface area contributed by atoms with Gasteiger partial charge in [0.2, 0.25) is 0 Å². The number of nitrogens with one attached hydrogen (secondary N) is 1. The lowest BCUT2D eigenvalue weighted by atomic mass is 10.1. The Morgan fingerprint density at radius 2 is 2.00 bits per heavy atom. The van der Waals surface area contributed by atoms with Gasteiger partial charge in [0.1, 0.15) is 0 Å². The zero-order valence-corrected chi connectivity index (χ0v) is 20.3. The molecule has 3 aromatic rings. The third kappa shape index (κ3) is 4.70. The number of hydrogen-bond donors (Lipinski definition) is 1. The van der Waals surface area contributed by atoms with Crippen molar-refractivity contribution in [1.82, 2.24) is 14.8 Å². The fourth-order valence-electron chi connectivity index (χ4n) is 4.49. The highest BCUT2D eigenvalue weighted by atomic mass is 32.1. The molecule has 0 bridgehead atoms. The van der Waals surface area contributed by atoms with Crippen molar-refractivity contribution in [3.05, 3.63) is 45.7 Å². The number of aryl methyl sites for hydroxylation is 1. The van der Waals surface area contributed by atoms with E-state index < -0.39 is 0 Å². The summed E-state index contributed by atoms with van der Waals surface area (Å²) in [6.45, 7) is 6.26. The molecule has 1 atom stereocenters. The van der Waals surface area contributed by atoms with Crippen LogP contribution in [0, 0.1) is 0 Å². The van der Waals surface area contributed by atoms with Crippen molar-refractivity contribution in [2.45, 2.75) is 38.8 Å². The Morgan fingerprint density at radius 1 is 1.19 bits per heavy atom. The second kappa shape index (κ2) is 10.1. The normalized spacial score (nSPS) is 17.1. The first-order chi connectivity index (χ1) is 15.5. The van der Waals surface area contributed by atoms with Gasteiger partial charge in [-0.25, -0.2) is 0 Å². The standard InChI is InChI=1S/C25H33N3O3S/c1-5-6-7-18-14-28(11-10-26-18)15-19-13-20-24(32-19)21(16-27(2)25(20)29)17-8-9-22(30-3)23(12-17)31-4/h8-9,12-13,16,18,26H,5-7,10-11,14-15H2,1-4H3. The summed E-state index contributed by atoms with van der Waals surface area (Å²) in [6, 6.07) is 8.57. The van der Waals surface area contributed by atoms with Crippen LogP contribution in [0.5, 0.6) is 11.5 Å². The molecule has 0 spiro atoms. The van der Waals surface area contributed by atoms with Crippen LogP contribution in [-0.4, -0.2) is 49.4 Å². The van der Waals surface area contributed by atoms with Gasteiger partial charge in [-0.3, -0.25) is 9.69 Å². The summed E-state index contributed by atoms with van der Waals surface area (Å²) in [5.74, 6) is 1.38. The van der Waals surface area contributed by atoms with Crippen molar-refractivity contribution in [2.24, 2.45) is 7.05 Å². The number of methoxy groups -OCH3 is 2. The Bertz CT molecular complexity index is 1140. The lowest BCUT2D eigenvalue weighted by Crippen LogP contribution is -2.50. The summed E-state index contributed by atoms with van der Waals surface area (Å²) in [4.78, 5) is 16.7. The summed E-state index contributed by atoms with van der Waals surface area (Å²) in [5, 5.41) is 4.44. The van der Waals surface area contributed by atoms with Crippen LogP contribution >= 0.6 is 11.3 Å². The summed E-state index contributed by atoms with van der Waals surface area (Å²) in [5.41, 5.74) is 2.10. The number of benzene rings is 1. The van der Waals surface area contributed by atoms with Gasteiger partial charge >= 0.3 is 0 Å². The van der Waals surface area contributed by atoms with Gasteiger partial charge in [-0.05, 0) is 30.2 Å². The molecule has 1 unspecified atom stereocenters.